The molecular formula is C26H24FN3O3. The van der Waals surface area contributed by atoms with Gasteiger partial charge in [0.2, 0.25) is 5.91 Å². The zero-order chi connectivity index (χ0) is 23.6. The number of rotatable bonds is 6. The Kier molecular flexibility index (Phi) is 5.96. The van der Waals surface area contributed by atoms with Gasteiger partial charge in [-0.1, -0.05) is 72.8 Å². The molecule has 3 aromatic carbocycles. The summed E-state index contributed by atoms with van der Waals surface area (Å²) in [4.78, 5) is 42.1. The predicted octanol–water partition coefficient (Wildman–Crippen LogP) is 3.84. The van der Waals surface area contributed by atoms with Crippen molar-refractivity contribution in [2.24, 2.45) is 0 Å². The molecule has 33 heavy (non-hydrogen) atoms. The van der Waals surface area contributed by atoms with Gasteiger partial charge in [0, 0.05) is 7.05 Å². The average molecular weight is 445 g/mol. The molecule has 0 bridgehead atoms. The summed E-state index contributed by atoms with van der Waals surface area (Å²) in [7, 11) is 1.59. The van der Waals surface area contributed by atoms with Crippen molar-refractivity contribution >= 4 is 17.8 Å². The van der Waals surface area contributed by atoms with Crippen LogP contribution in [0, 0.1) is 5.82 Å². The van der Waals surface area contributed by atoms with E-state index in [2.05, 4.69) is 5.32 Å². The van der Waals surface area contributed by atoms with Crippen molar-refractivity contribution in [3.05, 3.63) is 107 Å². The van der Waals surface area contributed by atoms with Crippen LogP contribution in [0.25, 0.3) is 0 Å². The molecule has 168 valence electrons. The summed E-state index contributed by atoms with van der Waals surface area (Å²) in [6, 6.07) is 22.8. The number of urea groups is 1. The van der Waals surface area contributed by atoms with E-state index in [0.29, 0.717) is 11.1 Å². The van der Waals surface area contributed by atoms with Gasteiger partial charge in [0.1, 0.15) is 12.4 Å². The minimum Gasteiger partial charge on any atom is -0.337 e. The van der Waals surface area contributed by atoms with E-state index in [9.17, 15) is 18.8 Å². The highest BCUT2D eigenvalue weighted by molar-refractivity contribution is 6.11. The molecule has 6 nitrogen and oxygen atoms in total. The lowest BCUT2D eigenvalue weighted by Crippen LogP contribution is -2.46. The van der Waals surface area contributed by atoms with Crippen LogP contribution in [0.3, 0.4) is 0 Å². The second-order valence-corrected chi connectivity index (χ2v) is 8.04. The molecule has 1 heterocycles. The molecule has 1 saturated heterocycles. The first kappa shape index (κ1) is 22.2. The molecule has 1 N–H and O–H groups in total. The molecule has 1 aliphatic rings. The quantitative estimate of drug-likeness (QED) is 0.586. The van der Waals surface area contributed by atoms with E-state index in [-0.39, 0.29) is 11.9 Å². The summed E-state index contributed by atoms with van der Waals surface area (Å²) >= 11 is 0. The van der Waals surface area contributed by atoms with Gasteiger partial charge < -0.3 is 10.2 Å². The van der Waals surface area contributed by atoms with Gasteiger partial charge in [0.15, 0.2) is 5.54 Å². The molecule has 4 rings (SSSR count). The van der Waals surface area contributed by atoms with Gasteiger partial charge in [0.05, 0.1) is 6.04 Å². The zero-order valence-electron chi connectivity index (χ0n) is 18.4. The van der Waals surface area contributed by atoms with Crippen molar-refractivity contribution in [1.29, 1.82) is 0 Å². The molecule has 0 saturated carbocycles. The highest BCUT2D eigenvalue weighted by Crippen LogP contribution is 2.36. The summed E-state index contributed by atoms with van der Waals surface area (Å²) in [5.74, 6) is -1.29. The van der Waals surface area contributed by atoms with E-state index in [0.717, 1.165) is 10.5 Å². The molecule has 0 spiro atoms. The lowest BCUT2D eigenvalue weighted by Gasteiger charge is -2.29. The van der Waals surface area contributed by atoms with Crippen LogP contribution >= 0.6 is 0 Å². The molecule has 0 aliphatic carbocycles. The van der Waals surface area contributed by atoms with Gasteiger partial charge in [-0.25, -0.2) is 9.18 Å². The van der Waals surface area contributed by atoms with E-state index in [1.54, 1.807) is 74.6 Å². The first-order valence-corrected chi connectivity index (χ1v) is 10.6. The van der Waals surface area contributed by atoms with E-state index >= 15 is 0 Å². The van der Waals surface area contributed by atoms with Gasteiger partial charge in [-0.05, 0) is 35.7 Å². The molecule has 3 aromatic rings. The Morgan fingerprint density at radius 1 is 0.939 bits per heavy atom. The Morgan fingerprint density at radius 2 is 1.45 bits per heavy atom. The molecule has 1 aliphatic heterocycles. The van der Waals surface area contributed by atoms with E-state index in [1.807, 2.05) is 12.1 Å². The van der Waals surface area contributed by atoms with Crippen LogP contribution in [0.1, 0.15) is 29.7 Å². The Labute approximate surface area is 191 Å². The summed E-state index contributed by atoms with van der Waals surface area (Å²) in [5.41, 5.74) is 0.545. The number of carbonyl (C=O) groups excluding carboxylic acids is 3. The summed E-state index contributed by atoms with van der Waals surface area (Å²) in [5, 5.41) is 2.84. The fourth-order valence-corrected chi connectivity index (χ4v) is 4.08. The molecule has 0 radical (unpaired) electrons. The van der Waals surface area contributed by atoms with Crippen molar-refractivity contribution in [3.8, 4) is 0 Å². The molecular weight excluding hydrogens is 421 g/mol. The van der Waals surface area contributed by atoms with Crippen LogP contribution in [0.2, 0.25) is 0 Å². The smallest absolute Gasteiger partial charge is 0.326 e. The van der Waals surface area contributed by atoms with Gasteiger partial charge in [-0.2, -0.15) is 0 Å². The number of imide groups is 1. The third-order valence-corrected chi connectivity index (χ3v) is 6.14. The van der Waals surface area contributed by atoms with Crippen LogP contribution in [0.4, 0.5) is 9.18 Å². The van der Waals surface area contributed by atoms with Crippen molar-refractivity contribution in [2.75, 3.05) is 13.6 Å². The Balaban J connectivity index is 1.62. The largest absolute Gasteiger partial charge is 0.337 e. The molecule has 1 atom stereocenters. The monoisotopic (exact) mass is 445 g/mol. The van der Waals surface area contributed by atoms with E-state index in [1.165, 1.54) is 17.0 Å². The lowest BCUT2D eigenvalue weighted by atomic mass is 9.82. The first-order valence-electron chi connectivity index (χ1n) is 10.6. The number of likely N-dealkylation sites (N-methyl/N-ethyl adjacent to an activating group) is 1. The average Bonchev–Trinajstić information content (AvgIpc) is 3.10. The third kappa shape index (κ3) is 3.98. The number of nitrogens with one attached hydrogen (secondary N) is 1. The van der Waals surface area contributed by atoms with Gasteiger partial charge in [-0.3, -0.25) is 14.5 Å². The highest BCUT2D eigenvalue weighted by Gasteiger charge is 2.54. The Bertz CT molecular complexity index is 1130. The predicted molar refractivity (Wildman–Crippen MR) is 121 cm³/mol. The maximum Gasteiger partial charge on any atom is 0.326 e. The van der Waals surface area contributed by atoms with Crippen molar-refractivity contribution in [1.82, 2.24) is 15.1 Å². The molecule has 0 aromatic heterocycles. The second kappa shape index (κ2) is 8.86. The normalized spacial score (nSPS) is 15.8. The number of hydrogen-bond acceptors (Lipinski definition) is 3. The minimum absolute atomic E-state index is 0.363. The molecule has 1 fully saturated rings. The van der Waals surface area contributed by atoms with Crippen LogP contribution in [0.5, 0.6) is 0 Å². The Morgan fingerprint density at radius 3 is 1.97 bits per heavy atom. The SMILES string of the molecule is CC(c1ccc(F)cc1)N(C)C(=O)CN1C(=O)NC(c2ccccc2)(c2ccccc2)C1=O. The fourth-order valence-electron chi connectivity index (χ4n) is 4.08. The fraction of sp³-hybridized carbons (Fsp3) is 0.192. The topological polar surface area (TPSA) is 69.7 Å². The lowest BCUT2D eigenvalue weighted by molar-refractivity contribution is -0.138. The maximum atomic E-state index is 13.7. The van der Waals surface area contributed by atoms with Crippen molar-refractivity contribution < 1.29 is 18.8 Å². The van der Waals surface area contributed by atoms with Crippen molar-refractivity contribution in [3.63, 3.8) is 0 Å². The second-order valence-electron chi connectivity index (χ2n) is 8.04. The summed E-state index contributed by atoms with van der Waals surface area (Å²) < 4.78 is 13.2. The van der Waals surface area contributed by atoms with Crippen molar-refractivity contribution in [2.45, 2.75) is 18.5 Å². The van der Waals surface area contributed by atoms with Crippen LogP contribution in [-0.4, -0.2) is 41.2 Å². The van der Waals surface area contributed by atoms with Gasteiger partial charge in [-0.15, -0.1) is 0 Å². The summed E-state index contributed by atoms with van der Waals surface area (Å²) in [6.45, 7) is 1.39. The summed E-state index contributed by atoms with van der Waals surface area (Å²) in [6.07, 6.45) is 0. The zero-order valence-corrected chi connectivity index (χ0v) is 18.4. The molecule has 1 unspecified atom stereocenters. The number of benzene rings is 3. The number of carbonyl (C=O) groups is 3. The molecule has 7 heteroatoms. The van der Waals surface area contributed by atoms with Crippen LogP contribution < -0.4 is 5.32 Å². The van der Waals surface area contributed by atoms with Crippen LogP contribution in [-0.2, 0) is 15.1 Å². The van der Waals surface area contributed by atoms with Gasteiger partial charge in [0.25, 0.3) is 5.91 Å². The number of amides is 4. The third-order valence-electron chi connectivity index (χ3n) is 6.14. The van der Waals surface area contributed by atoms with Gasteiger partial charge >= 0.3 is 6.03 Å². The first-order chi connectivity index (χ1) is 15.8. The molecule has 4 amide bonds. The minimum atomic E-state index is -1.42. The Hall–Kier alpha value is -4.00. The number of hydrogen-bond donors (Lipinski definition) is 1. The maximum absolute atomic E-state index is 13.7. The highest BCUT2D eigenvalue weighted by atomic mass is 19.1. The standard InChI is InChI=1S/C26H24FN3O3/c1-18(19-13-15-22(27)16-14-19)29(2)23(31)17-30-24(32)26(28-25(30)33,20-9-5-3-6-10-20)21-11-7-4-8-12-21/h3-16,18H,17H2,1-2H3,(H,28,33). The number of halogens is 1. The van der Waals surface area contributed by atoms with E-state index < -0.39 is 29.9 Å². The van der Waals surface area contributed by atoms with Crippen LogP contribution in [0.15, 0.2) is 84.9 Å². The van der Waals surface area contributed by atoms with E-state index in [4.69, 9.17) is 0 Å². The number of nitrogens with zero attached hydrogens (tertiary/aromatic N) is 2.